The van der Waals surface area contributed by atoms with E-state index in [4.69, 9.17) is 27.4 Å². The summed E-state index contributed by atoms with van der Waals surface area (Å²) in [6.45, 7) is 1.39. The number of nitrogens with two attached hydrogens (primary N) is 3. The predicted molar refractivity (Wildman–Crippen MR) is 51.8 cm³/mol. The highest BCUT2D eigenvalue weighted by molar-refractivity contribution is 5.33. The Kier molecular flexibility index (Phi) is 5.19. The molecule has 0 fully saturated rings. The molecule has 0 saturated heterocycles. The average molecular weight is 202 g/mol. The van der Waals surface area contributed by atoms with Crippen molar-refractivity contribution in [2.45, 2.75) is 13.0 Å². The Balaban J connectivity index is 0.000000292. The third kappa shape index (κ3) is 5.91. The SMILES string of the molecule is CC(O)CO.Nc1nc(N)nc(N)n1. The molecule has 0 saturated carbocycles. The van der Waals surface area contributed by atoms with Crippen molar-refractivity contribution in [3.05, 3.63) is 0 Å². The first-order valence-electron chi connectivity index (χ1n) is 3.77. The molecule has 0 radical (unpaired) electrons. The molecule has 14 heavy (non-hydrogen) atoms. The molecule has 1 unspecified atom stereocenters. The van der Waals surface area contributed by atoms with E-state index in [1.807, 2.05) is 0 Å². The second-order valence-electron chi connectivity index (χ2n) is 2.44. The molecule has 1 rings (SSSR count). The van der Waals surface area contributed by atoms with Crippen LogP contribution in [0.2, 0.25) is 0 Å². The van der Waals surface area contributed by atoms with Crippen LogP contribution in [-0.4, -0.2) is 37.9 Å². The summed E-state index contributed by atoms with van der Waals surface area (Å²) in [4.78, 5) is 10.5. The summed E-state index contributed by atoms with van der Waals surface area (Å²) in [6, 6.07) is 0. The fourth-order valence-corrected chi connectivity index (χ4v) is 0.427. The van der Waals surface area contributed by atoms with Crippen LogP contribution >= 0.6 is 0 Å². The lowest BCUT2D eigenvalue weighted by molar-refractivity contribution is 0.110. The van der Waals surface area contributed by atoms with Crippen molar-refractivity contribution in [3.8, 4) is 0 Å². The molecule has 1 aromatic rings. The van der Waals surface area contributed by atoms with Gasteiger partial charge in [0.2, 0.25) is 17.8 Å². The molecule has 1 atom stereocenters. The molecule has 80 valence electrons. The maximum Gasteiger partial charge on any atom is 0.226 e. The minimum absolute atomic E-state index is 0.0417. The van der Waals surface area contributed by atoms with Gasteiger partial charge in [0.05, 0.1) is 12.7 Å². The summed E-state index contributed by atoms with van der Waals surface area (Å²) in [5, 5.41) is 16.0. The minimum atomic E-state index is -0.560. The van der Waals surface area contributed by atoms with Crippen LogP contribution in [0, 0.1) is 0 Å². The van der Waals surface area contributed by atoms with Crippen molar-refractivity contribution in [2.24, 2.45) is 0 Å². The Hall–Kier alpha value is -1.67. The van der Waals surface area contributed by atoms with Crippen LogP contribution in [0.15, 0.2) is 0 Å². The second-order valence-corrected chi connectivity index (χ2v) is 2.44. The average Bonchev–Trinajstić information content (AvgIpc) is 2.02. The molecular weight excluding hydrogens is 188 g/mol. The maximum absolute atomic E-state index is 8.11. The zero-order valence-electron chi connectivity index (χ0n) is 7.75. The number of aliphatic hydroxyl groups excluding tert-OH is 2. The maximum atomic E-state index is 8.11. The summed E-state index contributed by atoms with van der Waals surface area (Å²) >= 11 is 0. The monoisotopic (exact) mass is 202 g/mol. The topological polar surface area (TPSA) is 157 Å². The number of aromatic nitrogens is 3. The van der Waals surface area contributed by atoms with Gasteiger partial charge in [-0.25, -0.2) is 0 Å². The molecular formula is C6H14N6O2. The molecule has 0 aliphatic rings. The van der Waals surface area contributed by atoms with E-state index in [1.165, 1.54) is 6.92 Å². The van der Waals surface area contributed by atoms with Gasteiger partial charge in [-0.1, -0.05) is 0 Å². The van der Waals surface area contributed by atoms with Crippen LogP contribution in [0.25, 0.3) is 0 Å². The largest absolute Gasteiger partial charge is 0.394 e. The van der Waals surface area contributed by atoms with Crippen LogP contribution in [-0.2, 0) is 0 Å². The summed E-state index contributed by atoms with van der Waals surface area (Å²) in [7, 11) is 0. The first-order chi connectivity index (χ1) is 6.45. The van der Waals surface area contributed by atoms with Gasteiger partial charge >= 0.3 is 0 Å². The standard InChI is InChI=1S/C3H6N6.C3H8O2/c4-1-7-2(5)9-3(6)8-1;1-3(5)2-4/h(H6,4,5,6,7,8,9);3-5H,2H2,1H3. The van der Waals surface area contributed by atoms with Gasteiger partial charge in [-0.2, -0.15) is 15.0 Å². The van der Waals surface area contributed by atoms with Gasteiger partial charge in [-0.15, -0.1) is 0 Å². The Morgan fingerprint density at radius 2 is 1.29 bits per heavy atom. The Morgan fingerprint density at radius 3 is 1.43 bits per heavy atom. The summed E-state index contributed by atoms with van der Waals surface area (Å²) < 4.78 is 0. The van der Waals surface area contributed by atoms with Crippen LogP contribution in [0.5, 0.6) is 0 Å². The Morgan fingerprint density at radius 1 is 1.07 bits per heavy atom. The third-order valence-electron chi connectivity index (χ3n) is 0.952. The lowest BCUT2D eigenvalue weighted by Gasteiger charge is -1.93. The van der Waals surface area contributed by atoms with Gasteiger partial charge in [-0.05, 0) is 6.92 Å². The molecule has 8 heteroatoms. The zero-order chi connectivity index (χ0) is 11.1. The van der Waals surface area contributed by atoms with E-state index in [0.717, 1.165) is 0 Å². The number of aliphatic hydroxyl groups is 2. The third-order valence-corrected chi connectivity index (χ3v) is 0.952. The zero-order valence-corrected chi connectivity index (χ0v) is 7.75. The molecule has 0 spiro atoms. The highest BCUT2D eigenvalue weighted by atomic mass is 16.3. The number of anilines is 3. The van der Waals surface area contributed by atoms with Crippen molar-refractivity contribution >= 4 is 17.8 Å². The molecule has 0 aromatic carbocycles. The fourth-order valence-electron chi connectivity index (χ4n) is 0.427. The lowest BCUT2D eigenvalue weighted by atomic mass is 10.5. The van der Waals surface area contributed by atoms with E-state index in [-0.39, 0.29) is 24.5 Å². The molecule has 8 nitrogen and oxygen atoms in total. The van der Waals surface area contributed by atoms with Gasteiger partial charge in [0.15, 0.2) is 0 Å². The number of nitrogen functional groups attached to an aromatic ring is 3. The summed E-state index contributed by atoms with van der Waals surface area (Å²) in [6.07, 6.45) is -0.560. The van der Waals surface area contributed by atoms with Gasteiger partial charge in [0, 0.05) is 0 Å². The van der Waals surface area contributed by atoms with E-state index in [0.29, 0.717) is 0 Å². The van der Waals surface area contributed by atoms with Crippen LogP contribution in [0.1, 0.15) is 6.92 Å². The number of nitrogens with zero attached hydrogens (tertiary/aromatic N) is 3. The fraction of sp³-hybridized carbons (Fsp3) is 0.500. The number of hydrogen-bond acceptors (Lipinski definition) is 8. The number of hydrogen-bond donors (Lipinski definition) is 5. The molecule has 8 N–H and O–H groups in total. The van der Waals surface area contributed by atoms with Crippen LogP contribution in [0.3, 0.4) is 0 Å². The van der Waals surface area contributed by atoms with Gasteiger partial charge in [0.25, 0.3) is 0 Å². The van der Waals surface area contributed by atoms with Gasteiger partial charge < -0.3 is 27.4 Å². The Bertz CT molecular complexity index is 229. The summed E-state index contributed by atoms with van der Waals surface area (Å²) in [5.74, 6) is 0.125. The van der Waals surface area contributed by atoms with Crippen molar-refractivity contribution in [1.82, 2.24) is 15.0 Å². The highest BCUT2D eigenvalue weighted by Gasteiger charge is 1.93. The van der Waals surface area contributed by atoms with Crippen molar-refractivity contribution in [3.63, 3.8) is 0 Å². The van der Waals surface area contributed by atoms with Crippen molar-refractivity contribution < 1.29 is 10.2 Å². The van der Waals surface area contributed by atoms with Gasteiger partial charge in [0.1, 0.15) is 0 Å². The van der Waals surface area contributed by atoms with Crippen molar-refractivity contribution in [2.75, 3.05) is 23.8 Å². The van der Waals surface area contributed by atoms with E-state index in [9.17, 15) is 0 Å². The van der Waals surface area contributed by atoms with E-state index >= 15 is 0 Å². The summed E-state index contributed by atoms with van der Waals surface area (Å²) in [5.41, 5.74) is 15.4. The van der Waals surface area contributed by atoms with E-state index in [1.54, 1.807) is 0 Å². The first kappa shape index (κ1) is 12.3. The Labute approximate surface area is 80.8 Å². The lowest BCUT2D eigenvalue weighted by Crippen LogP contribution is -2.05. The number of rotatable bonds is 1. The smallest absolute Gasteiger partial charge is 0.226 e. The molecule has 0 aliphatic heterocycles. The predicted octanol–water partition coefficient (Wildman–Crippen LogP) is -2.02. The normalized spacial score (nSPS) is 11.4. The van der Waals surface area contributed by atoms with Crippen molar-refractivity contribution in [1.29, 1.82) is 0 Å². The van der Waals surface area contributed by atoms with E-state index in [2.05, 4.69) is 15.0 Å². The second kappa shape index (κ2) is 5.89. The molecule has 0 amide bonds. The molecule has 0 aliphatic carbocycles. The first-order valence-corrected chi connectivity index (χ1v) is 3.77. The highest BCUT2D eigenvalue weighted by Crippen LogP contribution is 1.97. The van der Waals surface area contributed by atoms with Crippen LogP contribution < -0.4 is 17.2 Å². The molecule has 1 heterocycles. The quantitative estimate of drug-likeness (QED) is 0.349. The van der Waals surface area contributed by atoms with E-state index < -0.39 is 6.10 Å². The van der Waals surface area contributed by atoms with Crippen LogP contribution in [0.4, 0.5) is 17.8 Å². The van der Waals surface area contributed by atoms with Gasteiger partial charge in [-0.3, -0.25) is 0 Å². The molecule has 0 bridgehead atoms. The molecule has 1 aromatic heterocycles. The minimum Gasteiger partial charge on any atom is -0.394 e.